The predicted molar refractivity (Wildman–Crippen MR) is 110 cm³/mol. The lowest BCUT2D eigenvalue weighted by molar-refractivity contribution is -0.132. The number of fused-ring (bicyclic) bond motifs is 1. The molecule has 1 aromatic carbocycles. The lowest BCUT2D eigenvalue weighted by atomic mass is 10.2. The maximum absolute atomic E-state index is 13.6. The van der Waals surface area contributed by atoms with Crippen LogP contribution in [0.2, 0.25) is 0 Å². The van der Waals surface area contributed by atoms with E-state index in [9.17, 15) is 18.4 Å². The maximum atomic E-state index is 13.6. The molecule has 162 valence electrons. The highest BCUT2D eigenvalue weighted by Crippen LogP contribution is 2.11. The average Bonchev–Trinajstić information content (AvgIpc) is 3.16. The molecule has 9 heteroatoms. The predicted octanol–water partition coefficient (Wildman–Crippen LogP) is 2.08. The van der Waals surface area contributed by atoms with Gasteiger partial charge in [0.2, 0.25) is 5.91 Å². The van der Waals surface area contributed by atoms with Crippen LogP contribution >= 0.6 is 0 Å². The van der Waals surface area contributed by atoms with Crippen molar-refractivity contribution in [2.45, 2.75) is 13.0 Å². The summed E-state index contributed by atoms with van der Waals surface area (Å²) in [6, 6.07) is 8.64. The summed E-state index contributed by atoms with van der Waals surface area (Å²) in [5, 5.41) is 2.51. The Hall–Kier alpha value is -3.33. The Balaban J connectivity index is 1.20. The first-order valence-corrected chi connectivity index (χ1v) is 10.2. The highest BCUT2D eigenvalue weighted by molar-refractivity contribution is 5.94. The van der Waals surface area contributed by atoms with E-state index in [-0.39, 0.29) is 24.4 Å². The van der Waals surface area contributed by atoms with Crippen LogP contribution < -0.4 is 5.32 Å². The topological polar surface area (TPSA) is 70.0 Å². The summed E-state index contributed by atoms with van der Waals surface area (Å²) in [7, 11) is 0. The molecule has 0 unspecified atom stereocenters. The molecule has 1 aliphatic rings. The molecule has 2 amide bonds. The van der Waals surface area contributed by atoms with Crippen LogP contribution in [0, 0.1) is 11.6 Å². The van der Waals surface area contributed by atoms with Gasteiger partial charge >= 0.3 is 0 Å². The fraction of sp³-hybridized carbons (Fsp3) is 0.318. The molecule has 3 aromatic rings. The molecule has 31 heavy (non-hydrogen) atoms. The number of hydrogen-bond donors (Lipinski definition) is 1. The highest BCUT2D eigenvalue weighted by Gasteiger charge is 2.22. The fourth-order valence-electron chi connectivity index (χ4n) is 3.66. The number of amides is 2. The number of imidazole rings is 1. The van der Waals surface area contributed by atoms with Crippen LogP contribution in [0.4, 0.5) is 8.78 Å². The summed E-state index contributed by atoms with van der Waals surface area (Å²) in [5.41, 5.74) is 1.66. The SMILES string of the molecule is O=C(NCCC(=O)N1CCN(Cc2cn3ccccc3n2)CC1)c1ccc(F)cc1F. The van der Waals surface area contributed by atoms with Gasteiger partial charge in [-0.2, -0.15) is 0 Å². The molecule has 0 atom stereocenters. The van der Waals surface area contributed by atoms with Crippen molar-refractivity contribution in [3.8, 4) is 0 Å². The second-order valence-electron chi connectivity index (χ2n) is 7.49. The summed E-state index contributed by atoms with van der Waals surface area (Å²) in [4.78, 5) is 33.1. The number of hydrogen-bond acceptors (Lipinski definition) is 4. The van der Waals surface area contributed by atoms with Crippen molar-refractivity contribution in [3.63, 3.8) is 0 Å². The third-order valence-corrected chi connectivity index (χ3v) is 5.32. The molecule has 7 nitrogen and oxygen atoms in total. The molecule has 0 saturated carbocycles. The van der Waals surface area contributed by atoms with Gasteiger partial charge in [0.25, 0.3) is 5.91 Å². The third-order valence-electron chi connectivity index (χ3n) is 5.32. The van der Waals surface area contributed by atoms with Crippen molar-refractivity contribution in [2.24, 2.45) is 0 Å². The Labute approximate surface area is 178 Å². The second kappa shape index (κ2) is 9.22. The first-order valence-electron chi connectivity index (χ1n) is 10.2. The molecule has 1 saturated heterocycles. The van der Waals surface area contributed by atoms with Crippen molar-refractivity contribution in [2.75, 3.05) is 32.7 Å². The molecule has 3 heterocycles. The Bertz CT molecular complexity index is 1060. The Morgan fingerprint density at radius 1 is 1.06 bits per heavy atom. The number of carbonyl (C=O) groups excluding carboxylic acids is 2. The fourth-order valence-corrected chi connectivity index (χ4v) is 3.66. The molecule has 2 aromatic heterocycles. The van der Waals surface area contributed by atoms with E-state index in [1.807, 2.05) is 35.0 Å². The zero-order valence-electron chi connectivity index (χ0n) is 16.9. The molecule has 0 bridgehead atoms. The highest BCUT2D eigenvalue weighted by atomic mass is 19.1. The molecule has 0 spiro atoms. The van der Waals surface area contributed by atoms with E-state index in [1.54, 1.807) is 4.90 Å². The van der Waals surface area contributed by atoms with Gasteiger partial charge in [-0.25, -0.2) is 13.8 Å². The molecular weight excluding hydrogens is 404 g/mol. The molecule has 4 rings (SSSR count). The van der Waals surface area contributed by atoms with Gasteiger partial charge in [-0.15, -0.1) is 0 Å². The number of carbonyl (C=O) groups is 2. The van der Waals surface area contributed by atoms with Crippen LogP contribution in [0.5, 0.6) is 0 Å². The number of piperazine rings is 1. The molecular formula is C22H23F2N5O2. The number of nitrogens with zero attached hydrogens (tertiary/aromatic N) is 4. The van der Waals surface area contributed by atoms with Gasteiger partial charge in [-0.05, 0) is 24.3 Å². The number of benzene rings is 1. The number of pyridine rings is 1. The van der Waals surface area contributed by atoms with E-state index in [0.29, 0.717) is 19.2 Å². The third kappa shape index (κ3) is 5.05. The van der Waals surface area contributed by atoms with Crippen LogP contribution in [-0.4, -0.2) is 63.7 Å². The monoisotopic (exact) mass is 427 g/mol. The molecule has 0 aliphatic carbocycles. The summed E-state index contributed by atoms with van der Waals surface area (Å²) in [5.74, 6) is -2.40. The van der Waals surface area contributed by atoms with Crippen LogP contribution in [0.15, 0.2) is 48.8 Å². The quantitative estimate of drug-likeness (QED) is 0.654. The summed E-state index contributed by atoms with van der Waals surface area (Å²) < 4.78 is 28.6. The largest absolute Gasteiger partial charge is 0.351 e. The number of rotatable bonds is 6. The van der Waals surface area contributed by atoms with Gasteiger partial charge < -0.3 is 14.6 Å². The summed E-state index contributed by atoms with van der Waals surface area (Å²) in [6.07, 6.45) is 4.10. The van der Waals surface area contributed by atoms with Gasteiger partial charge in [-0.3, -0.25) is 14.5 Å². The van der Waals surface area contributed by atoms with E-state index >= 15 is 0 Å². The number of halogens is 2. The molecule has 0 radical (unpaired) electrons. The standard InChI is InChI=1S/C22H23F2N5O2/c23-16-4-5-18(19(24)13-16)22(31)25-7-6-21(30)28-11-9-27(10-12-28)14-17-15-29-8-2-1-3-20(29)26-17/h1-5,8,13,15H,6-7,9-12,14H2,(H,25,31). The lowest BCUT2D eigenvalue weighted by Crippen LogP contribution is -2.48. The van der Waals surface area contributed by atoms with E-state index in [1.165, 1.54) is 0 Å². The van der Waals surface area contributed by atoms with Gasteiger partial charge in [0.1, 0.15) is 17.3 Å². The van der Waals surface area contributed by atoms with Crippen LogP contribution in [-0.2, 0) is 11.3 Å². The Morgan fingerprint density at radius 3 is 2.61 bits per heavy atom. The number of nitrogens with one attached hydrogen (secondary N) is 1. The molecule has 1 fully saturated rings. The normalized spacial score (nSPS) is 14.7. The first-order chi connectivity index (χ1) is 15.0. The summed E-state index contributed by atoms with van der Waals surface area (Å²) >= 11 is 0. The minimum Gasteiger partial charge on any atom is -0.351 e. The van der Waals surface area contributed by atoms with Crippen LogP contribution in [0.25, 0.3) is 5.65 Å². The summed E-state index contributed by atoms with van der Waals surface area (Å²) in [6.45, 7) is 3.51. The van der Waals surface area contributed by atoms with Crippen molar-refractivity contribution in [3.05, 3.63) is 71.7 Å². The van der Waals surface area contributed by atoms with Crippen molar-refractivity contribution in [1.29, 1.82) is 0 Å². The van der Waals surface area contributed by atoms with Crippen molar-refractivity contribution >= 4 is 17.5 Å². The smallest absolute Gasteiger partial charge is 0.254 e. The van der Waals surface area contributed by atoms with Crippen molar-refractivity contribution in [1.82, 2.24) is 24.5 Å². The van der Waals surface area contributed by atoms with Gasteiger partial charge in [0, 0.05) is 64.1 Å². The minimum atomic E-state index is -0.925. The van der Waals surface area contributed by atoms with E-state index in [2.05, 4.69) is 15.2 Å². The average molecular weight is 427 g/mol. The van der Waals surface area contributed by atoms with E-state index in [0.717, 1.165) is 43.1 Å². The van der Waals surface area contributed by atoms with Gasteiger partial charge in [0.15, 0.2) is 0 Å². The van der Waals surface area contributed by atoms with Crippen LogP contribution in [0.1, 0.15) is 22.5 Å². The van der Waals surface area contributed by atoms with E-state index < -0.39 is 17.5 Å². The zero-order valence-corrected chi connectivity index (χ0v) is 16.9. The van der Waals surface area contributed by atoms with Gasteiger partial charge in [-0.1, -0.05) is 6.07 Å². The minimum absolute atomic E-state index is 0.0627. The zero-order chi connectivity index (χ0) is 21.8. The molecule has 1 N–H and O–H groups in total. The van der Waals surface area contributed by atoms with E-state index in [4.69, 9.17) is 0 Å². The second-order valence-corrected chi connectivity index (χ2v) is 7.49. The van der Waals surface area contributed by atoms with Crippen LogP contribution in [0.3, 0.4) is 0 Å². The lowest BCUT2D eigenvalue weighted by Gasteiger charge is -2.34. The maximum Gasteiger partial charge on any atom is 0.254 e. The van der Waals surface area contributed by atoms with Crippen molar-refractivity contribution < 1.29 is 18.4 Å². The Kier molecular flexibility index (Phi) is 6.22. The first kappa shape index (κ1) is 20.9. The van der Waals surface area contributed by atoms with Gasteiger partial charge in [0.05, 0.1) is 11.3 Å². The Morgan fingerprint density at radius 2 is 1.87 bits per heavy atom. The molecule has 1 aliphatic heterocycles. The number of aromatic nitrogens is 2.